The SMILES string of the molecule is CCCCCCOc1cccc(C=CC(=O)OCC)c1. The van der Waals surface area contributed by atoms with Gasteiger partial charge in [0.05, 0.1) is 13.2 Å². The maximum Gasteiger partial charge on any atom is 0.330 e. The highest BCUT2D eigenvalue weighted by Crippen LogP contribution is 2.15. The predicted molar refractivity (Wildman–Crippen MR) is 81.7 cm³/mol. The van der Waals surface area contributed by atoms with Crippen LogP contribution in [0.25, 0.3) is 6.08 Å². The standard InChI is InChI=1S/C17H24O3/c1-3-5-6-7-13-20-16-10-8-9-15(14-16)11-12-17(18)19-4-2/h8-12,14H,3-7,13H2,1-2H3. The first kappa shape index (κ1) is 16.3. The Bertz CT molecular complexity index is 424. The Kier molecular flexibility index (Phi) is 8.20. The highest BCUT2D eigenvalue weighted by molar-refractivity contribution is 5.87. The van der Waals surface area contributed by atoms with Crippen LogP contribution in [0.15, 0.2) is 30.3 Å². The first-order chi connectivity index (χ1) is 9.76. The van der Waals surface area contributed by atoms with Gasteiger partial charge in [-0.2, -0.15) is 0 Å². The molecule has 0 radical (unpaired) electrons. The molecule has 3 heteroatoms. The Morgan fingerprint density at radius 1 is 1.20 bits per heavy atom. The van der Waals surface area contributed by atoms with E-state index >= 15 is 0 Å². The molecule has 0 saturated heterocycles. The Hall–Kier alpha value is -1.77. The van der Waals surface area contributed by atoms with Crippen molar-refractivity contribution in [3.05, 3.63) is 35.9 Å². The van der Waals surface area contributed by atoms with Crippen LogP contribution in [0.3, 0.4) is 0 Å². The van der Waals surface area contributed by atoms with Gasteiger partial charge in [-0.05, 0) is 37.1 Å². The second kappa shape index (κ2) is 10.1. The molecule has 0 N–H and O–H groups in total. The number of ether oxygens (including phenoxy) is 2. The van der Waals surface area contributed by atoms with Crippen molar-refractivity contribution < 1.29 is 14.3 Å². The van der Waals surface area contributed by atoms with Gasteiger partial charge in [0.15, 0.2) is 0 Å². The Labute approximate surface area is 121 Å². The van der Waals surface area contributed by atoms with Crippen molar-refractivity contribution in [1.29, 1.82) is 0 Å². The van der Waals surface area contributed by atoms with Gasteiger partial charge in [-0.15, -0.1) is 0 Å². The lowest BCUT2D eigenvalue weighted by atomic mass is 10.2. The summed E-state index contributed by atoms with van der Waals surface area (Å²) in [5.41, 5.74) is 0.934. The van der Waals surface area contributed by atoms with E-state index in [1.807, 2.05) is 24.3 Å². The lowest BCUT2D eigenvalue weighted by Crippen LogP contribution is -1.99. The second-order valence-corrected chi connectivity index (χ2v) is 4.57. The molecule has 0 unspecified atom stereocenters. The zero-order valence-corrected chi connectivity index (χ0v) is 12.4. The maximum absolute atomic E-state index is 11.2. The summed E-state index contributed by atoms with van der Waals surface area (Å²) in [6.07, 6.45) is 7.95. The minimum absolute atomic E-state index is 0.321. The largest absolute Gasteiger partial charge is 0.494 e. The third kappa shape index (κ3) is 6.98. The van der Waals surface area contributed by atoms with Crippen molar-refractivity contribution in [2.45, 2.75) is 39.5 Å². The van der Waals surface area contributed by atoms with Gasteiger partial charge in [0.2, 0.25) is 0 Å². The van der Waals surface area contributed by atoms with Gasteiger partial charge in [0.1, 0.15) is 5.75 Å². The van der Waals surface area contributed by atoms with Crippen LogP contribution in [0.4, 0.5) is 0 Å². The van der Waals surface area contributed by atoms with Crippen LogP contribution in [0.5, 0.6) is 5.75 Å². The molecule has 1 aromatic carbocycles. The van der Waals surface area contributed by atoms with E-state index in [9.17, 15) is 4.79 Å². The lowest BCUT2D eigenvalue weighted by molar-refractivity contribution is -0.137. The van der Waals surface area contributed by atoms with Gasteiger partial charge in [0, 0.05) is 6.08 Å². The average molecular weight is 276 g/mol. The van der Waals surface area contributed by atoms with Crippen molar-refractivity contribution in [3.8, 4) is 5.75 Å². The van der Waals surface area contributed by atoms with E-state index in [-0.39, 0.29) is 5.97 Å². The molecule has 20 heavy (non-hydrogen) atoms. The summed E-state index contributed by atoms with van der Waals surface area (Å²) in [6.45, 7) is 5.12. The van der Waals surface area contributed by atoms with E-state index in [4.69, 9.17) is 9.47 Å². The number of carbonyl (C=O) groups is 1. The molecular formula is C17H24O3. The fourth-order valence-electron chi connectivity index (χ4n) is 1.78. The van der Waals surface area contributed by atoms with Gasteiger partial charge in [-0.1, -0.05) is 38.3 Å². The number of benzene rings is 1. The molecular weight excluding hydrogens is 252 g/mol. The molecule has 0 aliphatic heterocycles. The minimum Gasteiger partial charge on any atom is -0.494 e. The first-order valence-corrected chi connectivity index (χ1v) is 7.34. The summed E-state index contributed by atoms with van der Waals surface area (Å²) in [4.78, 5) is 11.2. The molecule has 1 aromatic rings. The summed E-state index contributed by atoms with van der Waals surface area (Å²) in [6, 6.07) is 7.71. The van der Waals surface area contributed by atoms with Crippen LogP contribution < -0.4 is 4.74 Å². The van der Waals surface area contributed by atoms with E-state index in [2.05, 4.69) is 6.92 Å². The van der Waals surface area contributed by atoms with Crippen LogP contribution in [0.2, 0.25) is 0 Å². The van der Waals surface area contributed by atoms with Crippen molar-refractivity contribution in [2.24, 2.45) is 0 Å². The molecule has 0 amide bonds. The van der Waals surface area contributed by atoms with Gasteiger partial charge in [-0.3, -0.25) is 0 Å². The number of rotatable bonds is 9. The Morgan fingerprint density at radius 3 is 2.80 bits per heavy atom. The minimum atomic E-state index is -0.321. The molecule has 0 bridgehead atoms. The summed E-state index contributed by atoms with van der Waals surface area (Å²) in [5.74, 6) is 0.519. The number of carbonyl (C=O) groups excluding carboxylic acids is 1. The third-order valence-electron chi connectivity index (χ3n) is 2.82. The monoisotopic (exact) mass is 276 g/mol. The van der Waals surface area contributed by atoms with Crippen LogP contribution >= 0.6 is 0 Å². The molecule has 0 saturated carbocycles. The molecule has 0 heterocycles. The topological polar surface area (TPSA) is 35.5 Å². The van der Waals surface area contributed by atoms with Crippen LogP contribution in [0.1, 0.15) is 45.1 Å². The van der Waals surface area contributed by atoms with E-state index in [0.29, 0.717) is 6.61 Å². The van der Waals surface area contributed by atoms with Crippen molar-refractivity contribution in [3.63, 3.8) is 0 Å². The summed E-state index contributed by atoms with van der Waals surface area (Å²) >= 11 is 0. The zero-order valence-electron chi connectivity index (χ0n) is 12.4. The molecule has 0 aromatic heterocycles. The molecule has 0 spiro atoms. The summed E-state index contributed by atoms with van der Waals surface area (Å²) in [5, 5.41) is 0. The Balaban J connectivity index is 2.43. The van der Waals surface area contributed by atoms with Crippen molar-refractivity contribution >= 4 is 12.0 Å². The smallest absolute Gasteiger partial charge is 0.330 e. The number of unbranched alkanes of at least 4 members (excludes halogenated alkanes) is 3. The van der Waals surface area contributed by atoms with Gasteiger partial charge >= 0.3 is 5.97 Å². The maximum atomic E-state index is 11.2. The molecule has 0 aliphatic carbocycles. The van der Waals surface area contributed by atoms with Crippen molar-refractivity contribution in [1.82, 2.24) is 0 Å². The molecule has 110 valence electrons. The molecule has 0 fully saturated rings. The summed E-state index contributed by atoms with van der Waals surface area (Å²) in [7, 11) is 0. The van der Waals surface area contributed by atoms with Gasteiger partial charge < -0.3 is 9.47 Å². The number of hydrogen-bond donors (Lipinski definition) is 0. The molecule has 0 atom stereocenters. The summed E-state index contributed by atoms with van der Waals surface area (Å²) < 4.78 is 10.5. The van der Waals surface area contributed by atoms with Crippen LogP contribution in [-0.2, 0) is 9.53 Å². The fourth-order valence-corrected chi connectivity index (χ4v) is 1.78. The third-order valence-corrected chi connectivity index (χ3v) is 2.82. The number of esters is 1. The van der Waals surface area contributed by atoms with Gasteiger partial charge in [-0.25, -0.2) is 4.79 Å². The molecule has 3 nitrogen and oxygen atoms in total. The quantitative estimate of drug-likeness (QED) is 0.385. The zero-order chi connectivity index (χ0) is 14.6. The Morgan fingerprint density at radius 2 is 2.05 bits per heavy atom. The van der Waals surface area contributed by atoms with E-state index in [1.165, 1.54) is 25.3 Å². The highest BCUT2D eigenvalue weighted by atomic mass is 16.5. The lowest BCUT2D eigenvalue weighted by Gasteiger charge is -2.06. The van der Waals surface area contributed by atoms with Crippen LogP contribution in [0, 0.1) is 0 Å². The van der Waals surface area contributed by atoms with Gasteiger partial charge in [0.25, 0.3) is 0 Å². The van der Waals surface area contributed by atoms with Crippen molar-refractivity contribution in [2.75, 3.05) is 13.2 Å². The first-order valence-electron chi connectivity index (χ1n) is 7.34. The van der Waals surface area contributed by atoms with E-state index in [1.54, 1.807) is 13.0 Å². The average Bonchev–Trinajstić information content (AvgIpc) is 2.46. The normalized spacial score (nSPS) is 10.7. The molecule has 0 aliphatic rings. The van der Waals surface area contributed by atoms with Crippen LogP contribution in [-0.4, -0.2) is 19.2 Å². The fraction of sp³-hybridized carbons (Fsp3) is 0.471. The molecule has 1 rings (SSSR count). The predicted octanol–water partition coefficient (Wildman–Crippen LogP) is 4.22. The highest BCUT2D eigenvalue weighted by Gasteiger charge is 1.97. The second-order valence-electron chi connectivity index (χ2n) is 4.57. The van der Waals surface area contributed by atoms with E-state index < -0.39 is 0 Å². The number of hydrogen-bond acceptors (Lipinski definition) is 3. The van der Waals surface area contributed by atoms with E-state index in [0.717, 1.165) is 24.3 Å².